The van der Waals surface area contributed by atoms with Crippen LogP contribution in [0.3, 0.4) is 0 Å². The minimum atomic E-state index is -0.810. The number of halogens is 1. The molecule has 0 spiro atoms. The Hall–Kier alpha value is -4.33. The monoisotopic (exact) mass is 490 g/mol. The van der Waals surface area contributed by atoms with Crippen LogP contribution in [0, 0.1) is 5.82 Å². The van der Waals surface area contributed by atoms with Gasteiger partial charge in [0.25, 0.3) is 0 Å². The first-order chi connectivity index (χ1) is 17.4. The zero-order valence-electron chi connectivity index (χ0n) is 20.2. The lowest BCUT2D eigenvalue weighted by Crippen LogP contribution is -2.45. The fourth-order valence-electron chi connectivity index (χ4n) is 3.90. The molecule has 8 heteroatoms. The SMILES string of the molecule is COc1cc(C2NC(=O)NC(c3ccccc3)=C2C(=O)OC(C)C)ccc1OCc1ccccc1F. The summed E-state index contributed by atoms with van der Waals surface area (Å²) in [5.41, 5.74) is 2.29. The third kappa shape index (κ3) is 5.49. The molecule has 3 aromatic carbocycles. The lowest BCUT2D eigenvalue weighted by Gasteiger charge is -2.30. The second-order valence-electron chi connectivity index (χ2n) is 8.43. The van der Waals surface area contributed by atoms with E-state index < -0.39 is 18.0 Å². The number of hydrogen-bond acceptors (Lipinski definition) is 5. The van der Waals surface area contributed by atoms with Crippen molar-refractivity contribution in [1.29, 1.82) is 0 Å². The molecule has 2 amide bonds. The molecule has 1 heterocycles. The van der Waals surface area contributed by atoms with Crippen LogP contribution in [-0.4, -0.2) is 25.2 Å². The van der Waals surface area contributed by atoms with E-state index >= 15 is 0 Å². The summed E-state index contributed by atoms with van der Waals surface area (Å²) in [6, 6.07) is 19.3. The molecule has 0 saturated carbocycles. The summed E-state index contributed by atoms with van der Waals surface area (Å²) in [5, 5.41) is 5.58. The largest absolute Gasteiger partial charge is 0.493 e. The summed E-state index contributed by atoms with van der Waals surface area (Å²) < 4.78 is 30.8. The van der Waals surface area contributed by atoms with E-state index in [2.05, 4.69) is 10.6 Å². The Morgan fingerprint density at radius 2 is 1.72 bits per heavy atom. The van der Waals surface area contributed by atoms with Crippen molar-refractivity contribution < 1.29 is 28.2 Å². The Balaban J connectivity index is 1.72. The highest BCUT2D eigenvalue weighted by Gasteiger charge is 2.35. The van der Waals surface area contributed by atoms with Crippen LogP contribution < -0.4 is 20.1 Å². The first-order valence-corrected chi connectivity index (χ1v) is 11.5. The Morgan fingerprint density at radius 1 is 1.00 bits per heavy atom. The van der Waals surface area contributed by atoms with Crippen LogP contribution in [0.4, 0.5) is 9.18 Å². The van der Waals surface area contributed by atoms with Gasteiger partial charge in [-0.25, -0.2) is 14.0 Å². The fraction of sp³-hybridized carbons (Fsp3) is 0.214. The molecule has 7 nitrogen and oxygen atoms in total. The second-order valence-corrected chi connectivity index (χ2v) is 8.43. The molecule has 0 saturated heterocycles. The van der Waals surface area contributed by atoms with Gasteiger partial charge in [-0.15, -0.1) is 0 Å². The van der Waals surface area contributed by atoms with Gasteiger partial charge in [0.1, 0.15) is 12.4 Å². The molecule has 3 aromatic rings. The molecule has 1 aliphatic heterocycles. The zero-order chi connectivity index (χ0) is 25.7. The van der Waals surface area contributed by atoms with Gasteiger partial charge in [0.2, 0.25) is 0 Å². The van der Waals surface area contributed by atoms with Gasteiger partial charge < -0.3 is 24.8 Å². The molecule has 0 bridgehead atoms. The fourth-order valence-corrected chi connectivity index (χ4v) is 3.90. The van der Waals surface area contributed by atoms with E-state index in [-0.39, 0.29) is 24.1 Å². The summed E-state index contributed by atoms with van der Waals surface area (Å²) in [7, 11) is 1.48. The number of amides is 2. The van der Waals surface area contributed by atoms with Crippen LogP contribution in [0.15, 0.2) is 78.4 Å². The number of benzene rings is 3. The van der Waals surface area contributed by atoms with E-state index in [0.717, 1.165) is 0 Å². The smallest absolute Gasteiger partial charge is 0.338 e. The van der Waals surface area contributed by atoms with Gasteiger partial charge in [-0.3, -0.25) is 0 Å². The molecule has 4 rings (SSSR count). The Morgan fingerprint density at radius 3 is 2.42 bits per heavy atom. The Labute approximate surface area is 208 Å². The number of carbonyl (C=O) groups is 2. The molecule has 2 N–H and O–H groups in total. The molecular formula is C28H27FN2O5. The molecule has 186 valence electrons. The number of urea groups is 1. The number of carbonyl (C=O) groups excluding carboxylic acids is 2. The average molecular weight is 491 g/mol. The molecular weight excluding hydrogens is 463 g/mol. The van der Waals surface area contributed by atoms with Crippen LogP contribution in [0.25, 0.3) is 5.70 Å². The highest BCUT2D eigenvalue weighted by atomic mass is 19.1. The predicted molar refractivity (Wildman–Crippen MR) is 133 cm³/mol. The maximum absolute atomic E-state index is 14.0. The van der Waals surface area contributed by atoms with Crippen molar-refractivity contribution in [2.45, 2.75) is 32.6 Å². The lowest BCUT2D eigenvalue weighted by molar-refractivity contribution is -0.143. The van der Waals surface area contributed by atoms with Crippen molar-refractivity contribution in [3.63, 3.8) is 0 Å². The van der Waals surface area contributed by atoms with Crippen molar-refractivity contribution in [3.8, 4) is 11.5 Å². The van der Waals surface area contributed by atoms with E-state index in [4.69, 9.17) is 14.2 Å². The normalized spacial score (nSPS) is 15.2. The van der Waals surface area contributed by atoms with Gasteiger partial charge in [-0.2, -0.15) is 0 Å². The van der Waals surface area contributed by atoms with E-state index in [0.29, 0.717) is 33.9 Å². The molecule has 0 radical (unpaired) electrons. The van der Waals surface area contributed by atoms with Crippen LogP contribution in [0.5, 0.6) is 11.5 Å². The number of hydrogen-bond donors (Lipinski definition) is 2. The Bertz CT molecular complexity index is 1290. The Kier molecular flexibility index (Phi) is 7.53. The van der Waals surface area contributed by atoms with Gasteiger partial charge in [-0.1, -0.05) is 54.6 Å². The quantitative estimate of drug-likeness (QED) is 0.428. The van der Waals surface area contributed by atoms with Crippen molar-refractivity contribution >= 4 is 17.7 Å². The van der Waals surface area contributed by atoms with Crippen LogP contribution in [-0.2, 0) is 16.1 Å². The van der Waals surface area contributed by atoms with Crippen molar-refractivity contribution in [3.05, 3.63) is 101 Å². The minimum absolute atomic E-state index is 0.0104. The topological polar surface area (TPSA) is 85.9 Å². The third-order valence-corrected chi connectivity index (χ3v) is 5.56. The van der Waals surface area contributed by atoms with Gasteiger partial charge in [0.15, 0.2) is 11.5 Å². The number of ether oxygens (including phenoxy) is 3. The summed E-state index contributed by atoms with van der Waals surface area (Å²) >= 11 is 0. The van der Waals surface area contributed by atoms with Crippen LogP contribution in [0.2, 0.25) is 0 Å². The molecule has 0 aromatic heterocycles. The maximum Gasteiger partial charge on any atom is 0.338 e. The second kappa shape index (κ2) is 10.9. The van der Waals surface area contributed by atoms with Gasteiger partial charge >= 0.3 is 12.0 Å². The van der Waals surface area contributed by atoms with Crippen LogP contribution in [0.1, 0.15) is 36.6 Å². The maximum atomic E-state index is 14.0. The average Bonchev–Trinajstić information content (AvgIpc) is 2.87. The van der Waals surface area contributed by atoms with E-state index in [9.17, 15) is 14.0 Å². The van der Waals surface area contributed by atoms with Gasteiger partial charge in [0.05, 0.1) is 30.5 Å². The first-order valence-electron chi connectivity index (χ1n) is 11.5. The summed E-state index contributed by atoms with van der Waals surface area (Å²) in [6.45, 7) is 3.53. The lowest BCUT2D eigenvalue weighted by atomic mass is 9.92. The molecule has 1 unspecified atom stereocenters. The van der Waals surface area contributed by atoms with Crippen molar-refractivity contribution in [1.82, 2.24) is 10.6 Å². The number of esters is 1. The van der Waals surface area contributed by atoms with Gasteiger partial charge in [0, 0.05) is 5.56 Å². The summed E-state index contributed by atoms with van der Waals surface area (Å²) in [4.78, 5) is 25.9. The predicted octanol–water partition coefficient (Wildman–Crippen LogP) is 5.13. The molecule has 0 fully saturated rings. The van der Waals surface area contributed by atoms with E-state index in [1.165, 1.54) is 13.2 Å². The van der Waals surface area contributed by atoms with Crippen LogP contribution >= 0.6 is 0 Å². The zero-order valence-corrected chi connectivity index (χ0v) is 20.2. The highest BCUT2D eigenvalue weighted by molar-refractivity contribution is 6.04. The molecule has 0 aliphatic carbocycles. The standard InChI is InChI=1S/C28H27FN2O5/c1-17(2)36-27(32)24-25(18-9-5-4-6-10-18)30-28(33)31-26(24)19-13-14-22(23(15-19)34-3)35-16-20-11-7-8-12-21(20)29/h4-15,17,26H,16H2,1-3H3,(H2,30,31,33). The molecule has 36 heavy (non-hydrogen) atoms. The van der Waals surface area contributed by atoms with Gasteiger partial charge in [-0.05, 0) is 43.2 Å². The van der Waals surface area contributed by atoms with Crippen molar-refractivity contribution in [2.24, 2.45) is 0 Å². The molecule has 1 aliphatic rings. The van der Waals surface area contributed by atoms with E-state index in [1.807, 2.05) is 18.2 Å². The highest BCUT2D eigenvalue weighted by Crippen LogP contribution is 2.37. The number of methoxy groups -OCH3 is 1. The first kappa shape index (κ1) is 24.8. The minimum Gasteiger partial charge on any atom is -0.493 e. The van der Waals surface area contributed by atoms with E-state index in [1.54, 1.807) is 62.4 Å². The third-order valence-electron chi connectivity index (χ3n) is 5.56. The number of rotatable bonds is 8. The summed E-state index contributed by atoms with van der Waals surface area (Å²) in [5.74, 6) is -0.157. The molecule has 1 atom stereocenters. The number of nitrogens with one attached hydrogen (secondary N) is 2. The van der Waals surface area contributed by atoms with Crippen molar-refractivity contribution in [2.75, 3.05) is 7.11 Å². The summed E-state index contributed by atoms with van der Waals surface area (Å²) in [6.07, 6.45) is -0.357.